The van der Waals surface area contributed by atoms with Gasteiger partial charge in [-0.15, -0.1) is 0 Å². The average molecular weight is 413 g/mol. The summed E-state index contributed by atoms with van der Waals surface area (Å²) in [4.78, 5) is 21.4. The van der Waals surface area contributed by atoms with Gasteiger partial charge in [-0.25, -0.2) is 4.98 Å². The molecule has 0 atom stereocenters. The van der Waals surface area contributed by atoms with E-state index in [0.29, 0.717) is 13.0 Å². The number of hydrogen-bond acceptors (Lipinski definition) is 4. The van der Waals surface area contributed by atoms with E-state index in [2.05, 4.69) is 32.9 Å². The summed E-state index contributed by atoms with van der Waals surface area (Å²) >= 11 is 1.60. The van der Waals surface area contributed by atoms with Crippen molar-refractivity contribution in [2.75, 3.05) is 38.2 Å². The molecule has 0 aliphatic carbocycles. The molecule has 1 aromatic heterocycles. The van der Waals surface area contributed by atoms with E-state index >= 15 is 0 Å². The Morgan fingerprint density at radius 1 is 1.14 bits per heavy atom. The van der Waals surface area contributed by atoms with Gasteiger partial charge in [0.05, 0.1) is 49.9 Å². The first kappa shape index (κ1) is 21.3. The Balaban J connectivity index is 1.86. The van der Waals surface area contributed by atoms with Gasteiger partial charge in [-0.05, 0) is 50.1 Å². The van der Waals surface area contributed by atoms with Crippen molar-refractivity contribution < 1.29 is 14.4 Å². The van der Waals surface area contributed by atoms with Crippen LogP contribution >= 0.6 is 11.3 Å². The summed E-state index contributed by atoms with van der Waals surface area (Å²) in [6.07, 6.45) is 0.354. The van der Waals surface area contributed by atoms with Crippen LogP contribution in [0, 0.1) is 6.92 Å². The Morgan fingerprint density at radius 2 is 1.86 bits per heavy atom. The molecule has 5 nitrogen and oxygen atoms in total. The third-order valence-electron chi connectivity index (χ3n) is 5.34. The predicted octanol–water partition coefficient (Wildman–Crippen LogP) is 3.11. The fourth-order valence-corrected chi connectivity index (χ4v) is 4.49. The number of fused-ring (bicyclic) bond motifs is 1. The number of ether oxygens (including phenoxy) is 1. The van der Waals surface area contributed by atoms with Crippen LogP contribution in [0.1, 0.15) is 25.0 Å². The van der Waals surface area contributed by atoms with Crippen molar-refractivity contribution in [3.05, 3.63) is 53.6 Å². The Labute approximate surface area is 176 Å². The van der Waals surface area contributed by atoms with Gasteiger partial charge in [0.25, 0.3) is 0 Å². The minimum absolute atomic E-state index is 0.0819. The number of rotatable bonds is 9. The maximum Gasteiger partial charge on any atom is 0.233 e. The highest BCUT2D eigenvalue weighted by atomic mass is 32.1. The molecule has 1 heterocycles. The van der Waals surface area contributed by atoms with E-state index in [-0.39, 0.29) is 5.91 Å². The highest BCUT2D eigenvalue weighted by Gasteiger charge is 2.22. The zero-order chi connectivity index (χ0) is 20.8. The van der Waals surface area contributed by atoms with Crippen molar-refractivity contribution in [1.82, 2.24) is 4.98 Å². The molecule has 0 aliphatic rings. The second kappa shape index (κ2) is 9.85. The molecule has 1 N–H and O–H groups in total. The number of anilines is 1. The molecule has 3 rings (SSSR count). The predicted molar refractivity (Wildman–Crippen MR) is 120 cm³/mol. The first-order valence-electron chi connectivity index (χ1n) is 10.2. The Bertz CT molecular complexity index is 948. The largest absolute Gasteiger partial charge is 0.497 e. The third kappa shape index (κ3) is 5.14. The number of carbonyl (C=O) groups excluding carboxylic acids is 1. The number of para-hydroxylation sites is 1. The molecule has 0 fully saturated rings. The lowest BCUT2D eigenvalue weighted by molar-refractivity contribution is -0.894. The first-order valence-corrected chi connectivity index (χ1v) is 11.0. The number of hydrogen-bond donors (Lipinski definition) is 1. The number of likely N-dealkylation sites (N-methyl/N-ethyl adjacent to an activating group) is 1. The number of benzene rings is 2. The molecule has 29 heavy (non-hydrogen) atoms. The van der Waals surface area contributed by atoms with E-state index in [1.165, 1.54) is 4.90 Å². The number of quaternary nitrogens is 1. The summed E-state index contributed by atoms with van der Waals surface area (Å²) in [5.41, 5.74) is 3.11. The van der Waals surface area contributed by atoms with Gasteiger partial charge in [0.1, 0.15) is 5.75 Å². The van der Waals surface area contributed by atoms with Gasteiger partial charge < -0.3 is 9.64 Å². The van der Waals surface area contributed by atoms with Crippen molar-refractivity contribution >= 4 is 32.6 Å². The average Bonchev–Trinajstić information content (AvgIpc) is 3.17. The summed E-state index contributed by atoms with van der Waals surface area (Å²) in [6, 6.07) is 13.9. The Hall–Kier alpha value is -2.44. The molecule has 0 radical (unpaired) electrons. The lowest BCUT2D eigenvalue weighted by atomic mass is 10.1. The molecule has 0 saturated carbocycles. The number of thiazole rings is 1. The molecule has 6 heteroatoms. The van der Waals surface area contributed by atoms with Crippen LogP contribution in [0.5, 0.6) is 5.75 Å². The molecule has 0 spiro atoms. The zero-order valence-electron chi connectivity index (χ0n) is 17.7. The smallest absolute Gasteiger partial charge is 0.233 e. The fraction of sp³-hybridized carbons (Fsp3) is 0.391. The summed E-state index contributed by atoms with van der Waals surface area (Å²) in [5, 5.41) is 0.791. The molecule has 154 valence electrons. The van der Waals surface area contributed by atoms with E-state index in [9.17, 15) is 4.79 Å². The van der Waals surface area contributed by atoms with Crippen LogP contribution in [0.25, 0.3) is 10.2 Å². The lowest BCUT2D eigenvalue weighted by Gasteiger charge is -2.23. The molecule has 2 aromatic carbocycles. The number of carbonyl (C=O) groups is 1. The van der Waals surface area contributed by atoms with E-state index in [1.807, 2.05) is 35.2 Å². The van der Waals surface area contributed by atoms with Crippen LogP contribution in [-0.2, 0) is 11.2 Å². The van der Waals surface area contributed by atoms with Gasteiger partial charge in [0, 0.05) is 0 Å². The van der Waals surface area contributed by atoms with Crippen LogP contribution in [0.3, 0.4) is 0 Å². The third-order valence-corrected chi connectivity index (χ3v) is 6.39. The van der Waals surface area contributed by atoms with Crippen molar-refractivity contribution in [2.24, 2.45) is 0 Å². The monoisotopic (exact) mass is 412 g/mol. The standard InChI is InChI=1S/C23H29N3O2S/c1-5-25(6-2)14-15-26(21(27)16-18-10-12-19(28-4)13-11-18)23-24-22-17(3)8-7-9-20(22)29-23/h7-13H,5-6,14-16H2,1-4H3/p+1. The molecule has 0 bridgehead atoms. The van der Waals surface area contributed by atoms with Crippen LogP contribution in [0.2, 0.25) is 0 Å². The molecule has 0 unspecified atom stereocenters. The zero-order valence-corrected chi connectivity index (χ0v) is 18.5. The quantitative estimate of drug-likeness (QED) is 0.587. The molecular formula is C23H30N3O2S+. The van der Waals surface area contributed by atoms with E-state index < -0.39 is 0 Å². The number of nitrogens with one attached hydrogen (secondary N) is 1. The van der Waals surface area contributed by atoms with Crippen LogP contribution in [-0.4, -0.2) is 44.2 Å². The molecule has 0 saturated heterocycles. The van der Waals surface area contributed by atoms with E-state index in [0.717, 1.165) is 51.9 Å². The molecule has 1 amide bonds. The highest BCUT2D eigenvalue weighted by molar-refractivity contribution is 7.22. The number of amides is 1. The fourth-order valence-electron chi connectivity index (χ4n) is 3.40. The summed E-state index contributed by atoms with van der Waals surface area (Å²) < 4.78 is 6.34. The van der Waals surface area contributed by atoms with Gasteiger partial charge in [-0.1, -0.05) is 35.6 Å². The molecule has 0 aliphatic heterocycles. The number of nitrogens with zero attached hydrogens (tertiary/aromatic N) is 2. The van der Waals surface area contributed by atoms with Gasteiger partial charge in [0.15, 0.2) is 5.13 Å². The van der Waals surface area contributed by atoms with Crippen molar-refractivity contribution in [2.45, 2.75) is 27.2 Å². The van der Waals surface area contributed by atoms with E-state index in [4.69, 9.17) is 9.72 Å². The minimum Gasteiger partial charge on any atom is -0.497 e. The van der Waals surface area contributed by atoms with Gasteiger partial charge in [0.2, 0.25) is 5.91 Å². The number of aromatic nitrogens is 1. The topological polar surface area (TPSA) is 46.9 Å². The Kier molecular flexibility index (Phi) is 7.23. The summed E-state index contributed by atoms with van der Waals surface area (Å²) in [6.45, 7) is 10.1. The van der Waals surface area contributed by atoms with Gasteiger partial charge >= 0.3 is 0 Å². The number of methoxy groups -OCH3 is 1. The SMILES string of the molecule is CC[NH+](CC)CCN(C(=O)Cc1ccc(OC)cc1)c1nc2c(C)cccc2s1. The lowest BCUT2D eigenvalue weighted by Crippen LogP contribution is -3.12. The van der Waals surface area contributed by atoms with Crippen molar-refractivity contribution in [1.29, 1.82) is 0 Å². The normalized spacial score (nSPS) is 11.2. The maximum absolute atomic E-state index is 13.3. The summed E-state index contributed by atoms with van der Waals surface area (Å²) in [5.74, 6) is 0.878. The number of aryl methyl sites for hydroxylation is 1. The van der Waals surface area contributed by atoms with Gasteiger partial charge in [-0.3, -0.25) is 9.69 Å². The molecular weight excluding hydrogens is 382 g/mol. The van der Waals surface area contributed by atoms with Crippen LogP contribution in [0.15, 0.2) is 42.5 Å². The highest BCUT2D eigenvalue weighted by Crippen LogP contribution is 2.30. The summed E-state index contributed by atoms with van der Waals surface area (Å²) in [7, 11) is 1.65. The molecule has 3 aromatic rings. The van der Waals surface area contributed by atoms with Gasteiger partial charge in [-0.2, -0.15) is 0 Å². The van der Waals surface area contributed by atoms with Crippen molar-refractivity contribution in [3.8, 4) is 5.75 Å². The van der Waals surface area contributed by atoms with Crippen molar-refractivity contribution in [3.63, 3.8) is 0 Å². The first-order chi connectivity index (χ1) is 14.0. The van der Waals surface area contributed by atoms with Crippen LogP contribution in [0.4, 0.5) is 5.13 Å². The van der Waals surface area contributed by atoms with E-state index in [1.54, 1.807) is 18.4 Å². The maximum atomic E-state index is 13.3. The Morgan fingerprint density at radius 3 is 2.48 bits per heavy atom. The second-order valence-corrected chi connectivity index (χ2v) is 8.20. The minimum atomic E-state index is 0.0819. The van der Waals surface area contributed by atoms with Crippen LogP contribution < -0.4 is 14.5 Å². The second-order valence-electron chi connectivity index (χ2n) is 7.20.